The van der Waals surface area contributed by atoms with Gasteiger partial charge in [0.1, 0.15) is 5.75 Å². The van der Waals surface area contributed by atoms with Crippen LogP contribution in [0.4, 0.5) is 0 Å². The average Bonchev–Trinajstić information content (AvgIpc) is 3.02. The van der Waals surface area contributed by atoms with Crippen molar-refractivity contribution in [3.63, 3.8) is 0 Å². The topological polar surface area (TPSA) is 54.9 Å². The van der Waals surface area contributed by atoms with E-state index in [1.807, 2.05) is 25.1 Å². The Balaban J connectivity index is 0.00000242. The van der Waals surface area contributed by atoms with Gasteiger partial charge in [-0.05, 0) is 25.8 Å². The van der Waals surface area contributed by atoms with Crippen LogP contribution in [0.5, 0.6) is 5.75 Å². The number of rotatable bonds is 6. The Kier molecular flexibility index (Phi) is 9.22. The fourth-order valence-corrected chi connectivity index (χ4v) is 2.36. The Morgan fingerprint density at radius 2 is 2.18 bits per heavy atom. The first-order valence-electron chi connectivity index (χ1n) is 7.60. The standard InChI is InChI=1S/C16H25N3O2.HI/c1-3-20-15-9-5-4-7-13(15)11-18-16(17-2)19-12-14-8-6-10-21-14;/h4-5,7,9,14H,3,6,8,10-12H2,1-2H3,(H2,17,18,19);1H. The number of nitrogens with zero attached hydrogens (tertiary/aromatic N) is 1. The number of para-hydroxylation sites is 1. The molecule has 0 spiro atoms. The number of guanidine groups is 1. The predicted molar refractivity (Wildman–Crippen MR) is 100 cm³/mol. The van der Waals surface area contributed by atoms with Gasteiger partial charge in [-0.1, -0.05) is 18.2 Å². The summed E-state index contributed by atoms with van der Waals surface area (Å²) in [6.45, 7) is 5.02. The second-order valence-electron chi connectivity index (χ2n) is 4.98. The molecule has 1 atom stereocenters. The highest BCUT2D eigenvalue weighted by atomic mass is 127. The summed E-state index contributed by atoms with van der Waals surface area (Å²) in [7, 11) is 1.78. The third-order valence-electron chi connectivity index (χ3n) is 3.46. The van der Waals surface area contributed by atoms with Crippen molar-refractivity contribution in [1.29, 1.82) is 0 Å². The summed E-state index contributed by atoms with van der Waals surface area (Å²) < 4.78 is 11.2. The summed E-state index contributed by atoms with van der Waals surface area (Å²) in [5.74, 6) is 1.71. The highest BCUT2D eigenvalue weighted by Crippen LogP contribution is 2.17. The van der Waals surface area contributed by atoms with Gasteiger partial charge in [0.25, 0.3) is 0 Å². The van der Waals surface area contributed by atoms with E-state index in [2.05, 4.69) is 21.7 Å². The Labute approximate surface area is 149 Å². The van der Waals surface area contributed by atoms with Gasteiger partial charge in [-0.15, -0.1) is 24.0 Å². The Morgan fingerprint density at radius 1 is 1.36 bits per heavy atom. The van der Waals surface area contributed by atoms with Gasteiger partial charge in [-0.3, -0.25) is 4.99 Å². The van der Waals surface area contributed by atoms with Crippen LogP contribution in [0.3, 0.4) is 0 Å². The third kappa shape index (κ3) is 6.00. The van der Waals surface area contributed by atoms with Crippen molar-refractivity contribution >= 4 is 29.9 Å². The molecule has 5 nitrogen and oxygen atoms in total. The maximum atomic E-state index is 5.62. The molecule has 0 radical (unpaired) electrons. The zero-order valence-electron chi connectivity index (χ0n) is 13.3. The van der Waals surface area contributed by atoms with Gasteiger partial charge in [0, 0.05) is 32.3 Å². The summed E-state index contributed by atoms with van der Waals surface area (Å²) in [4.78, 5) is 4.24. The fraction of sp³-hybridized carbons (Fsp3) is 0.562. The number of hydrogen-bond donors (Lipinski definition) is 2. The van der Waals surface area contributed by atoms with E-state index in [4.69, 9.17) is 9.47 Å². The molecule has 2 rings (SSSR count). The number of aliphatic imine (C=N–C) groups is 1. The first kappa shape index (κ1) is 19.0. The van der Waals surface area contributed by atoms with Gasteiger partial charge < -0.3 is 20.1 Å². The molecule has 6 heteroatoms. The van der Waals surface area contributed by atoms with E-state index >= 15 is 0 Å². The lowest BCUT2D eigenvalue weighted by molar-refractivity contribution is 0.114. The number of benzene rings is 1. The normalized spacial score (nSPS) is 17.7. The van der Waals surface area contributed by atoms with Gasteiger partial charge >= 0.3 is 0 Å². The maximum Gasteiger partial charge on any atom is 0.191 e. The van der Waals surface area contributed by atoms with Gasteiger partial charge in [0.05, 0.1) is 12.7 Å². The van der Waals surface area contributed by atoms with Crippen LogP contribution in [0.1, 0.15) is 25.3 Å². The summed E-state index contributed by atoms with van der Waals surface area (Å²) >= 11 is 0. The van der Waals surface area contributed by atoms with Crippen LogP contribution in [0, 0.1) is 0 Å². The molecule has 1 aliphatic heterocycles. The number of hydrogen-bond acceptors (Lipinski definition) is 3. The Morgan fingerprint density at radius 3 is 2.86 bits per heavy atom. The lowest BCUT2D eigenvalue weighted by atomic mass is 10.2. The van der Waals surface area contributed by atoms with Crippen molar-refractivity contribution < 1.29 is 9.47 Å². The SMILES string of the molecule is CCOc1ccccc1CNC(=NC)NCC1CCCO1.I. The van der Waals surface area contributed by atoms with Crippen LogP contribution in [0.15, 0.2) is 29.3 Å². The molecule has 0 aromatic heterocycles. The van der Waals surface area contributed by atoms with E-state index in [1.54, 1.807) is 7.05 Å². The van der Waals surface area contributed by atoms with Crippen LogP contribution in [-0.2, 0) is 11.3 Å². The van der Waals surface area contributed by atoms with Gasteiger partial charge in [0.2, 0.25) is 0 Å². The highest BCUT2D eigenvalue weighted by Gasteiger charge is 2.15. The third-order valence-corrected chi connectivity index (χ3v) is 3.46. The molecule has 0 bridgehead atoms. The lowest BCUT2D eigenvalue weighted by Gasteiger charge is -2.16. The van der Waals surface area contributed by atoms with Gasteiger partial charge in [0.15, 0.2) is 5.96 Å². The Hall–Kier alpha value is -1.02. The average molecular weight is 419 g/mol. The lowest BCUT2D eigenvalue weighted by Crippen LogP contribution is -2.40. The number of halogens is 1. The van der Waals surface area contributed by atoms with Crippen LogP contribution in [0.25, 0.3) is 0 Å². The molecule has 2 N–H and O–H groups in total. The van der Waals surface area contributed by atoms with Crippen LogP contribution < -0.4 is 15.4 Å². The van der Waals surface area contributed by atoms with E-state index in [0.29, 0.717) is 19.3 Å². The van der Waals surface area contributed by atoms with Crippen LogP contribution in [0.2, 0.25) is 0 Å². The molecule has 0 aliphatic carbocycles. The van der Waals surface area contributed by atoms with E-state index < -0.39 is 0 Å². The molecule has 1 fully saturated rings. The summed E-state index contributed by atoms with van der Waals surface area (Å²) in [6, 6.07) is 8.05. The van der Waals surface area contributed by atoms with Crippen molar-refractivity contribution in [3.05, 3.63) is 29.8 Å². The minimum absolute atomic E-state index is 0. The fourth-order valence-electron chi connectivity index (χ4n) is 2.36. The summed E-state index contributed by atoms with van der Waals surface area (Å²) in [5.41, 5.74) is 1.12. The van der Waals surface area contributed by atoms with E-state index in [0.717, 1.165) is 43.3 Å². The van der Waals surface area contributed by atoms with E-state index in [1.165, 1.54) is 0 Å². The van der Waals surface area contributed by atoms with Crippen LogP contribution in [-0.4, -0.2) is 38.9 Å². The van der Waals surface area contributed by atoms with Crippen molar-refractivity contribution in [2.75, 3.05) is 26.8 Å². The van der Waals surface area contributed by atoms with Crippen molar-refractivity contribution in [2.24, 2.45) is 4.99 Å². The monoisotopic (exact) mass is 419 g/mol. The minimum Gasteiger partial charge on any atom is -0.494 e. The summed E-state index contributed by atoms with van der Waals surface area (Å²) in [6.07, 6.45) is 2.58. The quantitative estimate of drug-likeness (QED) is 0.423. The van der Waals surface area contributed by atoms with Crippen molar-refractivity contribution in [1.82, 2.24) is 10.6 Å². The van der Waals surface area contributed by atoms with Crippen molar-refractivity contribution in [2.45, 2.75) is 32.4 Å². The second kappa shape index (κ2) is 10.7. The first-order valence-corrected chi connectivity index (χ1v) is 7.60. The second-order valence-corrected chi connectivity index (χ2v) is 4.98. The molecule has 0 saturated carbocycles. The Bertz CT molecular complexity index is 462. The molecule has 22 heavy (non-hydrogen) atoms. The van der Waals surface area contributed by atoms with Gasteiger partial charge in [-0.25, -0.2) is 0 Å². The smallest absolute Gasteiger partial charge is 0.191 e. The summed E-state index contributed by atoms with van der Waals surface area (Å²) in [5, 5.41) is 6.62. The molecular formula is C16H26IN3O2. The van der Waals surface area contributed by atoms with Crippen molar-refractivity contribution in [3.8, 4) is 5.75 Å². The number of ether oxygens (including phenoxy) is 2. The molecule has 1 aromatic carbocycles. The molecule has 0 amide bonds. The first-order chi connectivity index (χ1) is 10.3. The molecule has 1 aliphatic rings. The zero-order valence-corrected chi connectivity index (χ0v) is 15.6. The minimum atomic E-state index is 0. The molecule has 1 heterocycles. The molecule has 1 aromatic rings. The molecule has 1 unspecified atom stereocenters. The number of nitrogens with one attached hydrogen (secondary N) is 2. The highest BCUT2D eigenvalue weighted by molar-refractivity contribution is 14.0. The molecule has 1 saturated heterocycles. The largest absolute Gasteiger partial charge is 0.494 e. The van der Waals surface area contributed by atoms with Gasteiger partial charge in [-0.2, -0.15) is 0 Å². The van der Waals surface area contributed by atoms with E-state index in [9.17, 15) is 0 Å². The maximum absolute atomic E-state index is 5.62. The predicted octanol–water partition coefficient (Wildman–Crippen LogP) is 2.55. The molecular weight excluding hydrogens is 393 g/mol. The molecule has 124 valence electrons. The van der Waals surface area contributed by atoms with Crippen LogP contribution >= 0.6 is 24.0 Å². The zero-order chi connectivity index (χ0) is 14.9. The van der Waals surface area contributed by atoms with E-state index in [-0.39, 0.29) is 24.0 Å².